The molecular weight excluding hydrogens is 364 g/mol. The molecule has 3 aromatic heterocycles. The van der Waals surface area contributed by atoms with Gasteiger partial charge in [0.15, 0.2) is 0 Å². The fourth-order valence-electron chi connectivity index (χ4n) is 4.39. The van der Waals surface area contributed by atoms with Gasteiger partial charge in [0, 0.05) is 44.0 Å². The monoisotopic (exact) mass is 388 g/mol. The van der Waals surface area contributed by atoms with Gasteiger partial charge >= 0.3 is 0 Å². The van der Waals surface area contributed by atoms with Crippen LogP contribution < -0.4 is 0 Å². The van der Waals surface area contributed by atoms with Crippen LogP contribution in [0.15, 0.2) is 48.8 Å². The van der Waals surface area contributed by atoms with Gasteiger partial charge in [-0.2, -0.15) is 0 Å². The molecule has 7 heteroatoms. The van der Waals surface area contributed by atoms with Crippen molar-refractivity contribution in [1.82, 2.24) is 28.9 Å². The van der Waals surface area contributed by atoms with Crippen LogP contribution in [0.4, 0.5) is 0 Å². The second kappa shape index (κ2) is 6.70. The van der Waals surface area contributed by atoms with Crippen LogP contribution in [0.25, 0.3) is 27.9 Å². The standard InChI is InChI=1S/C22H24N6O/c1-25(2)15-9-12-27(14-15)21(29)19-13-18-20(28(19)22-23-10-6-11-24-22)16-7-4-5-8-17(16)26(18)3/h4-8,10-11,13,15H,9,12,14H2,1-3H3. The third-order valence-electron chi connectivity index (χ3n) is 6.01. The van der Waals surface area contributed by atoms with Gasteiger partial charge in [-0.05, 0) is 38.7 Å². The average molecular weight is 388 g/mol. The van der Waals surface area contributed by atoms with Crippen LogP contribution >= 0.6 is 0 Å². The summed E-state index contributed by atoms with van der Waals surface area (Å²) in [6, 6.07) is 12.4. The first-order valence-electron chi connectivity index (χ1n) is 9.88. The molecule has 0 bridgehead atoms. The Balaban J connectivity index is 1.72. The minimum atomic E-state index is 0.0297. The van der Waals surface area contributed by atoms with E-state index in [1.807, 2.05) is 34.7 Å². The topological polar surface area (TPSA) is 59.2 Å². The van der Waals surface area contributed by atoms with Crippen LogP contribution in [0, 0.1) is 0 Å². The predicted octanol–water partition coefficient (Wildman–Crippen LogP) is 2.69. The largest absolute Gasteiger partial charge is 0.342 e. The normalized spacial score (nSPS) is 17.1. The van der Waals surface area contributed by atoms with Crippen molar-refractivity contribution in [3.63, 3.8) is 0 Å². The Morgan fingerprint density at radius 3 is 2.59 bits per heavy atom. The van der Waals surface area contributed by atoms with Crippen molar-refractivity contribution in [1.29, 1.82) is 0 Å². The van der Waals surface area contributed by atoms with Crippen molar-refractivity contribution < 1.29 is 4.79 Å². The highest BCUT2D eigenvalue weighted by Gasteiger charge is 2.31. The van der Waals surface area contributed by atoms with Crippen molar-refractivity contribution in [2.45, 2.75) is 12.5 Å². The Labute approximate surface area is 169 Å². The highest BCUT2D eigenvalue weighted by atomic mass is 16.2. The Morgan fingerprint density at radius 2 is 1.86 bits per heavy atom. The molecule has 7 nitrogen and oxygen atoms in total. The average Bonchev–Trinajstić information content (AvgIpc) is 3.44. The summed E-state index contributed by atoms with van der Waals surface area (Å²) in [5.41, 5.74) is 3.71. The zero-order valence-corrected chi connectivity index (χ0v) is 16.9. The van der Waals surface area contributed by atoms with E-state index in [9.17, 15) is 4.79 Å². The number of benzene rings is 1. The maximum atomic E-state index is 13.5. The lowest BCUT2D eigenvalue weighted by Gasteiger charge is -2.21. The molecular formula is C22H24N6O. The molecule has 0 spiro atoms. The zero-order chi connectivity index (χ0) is 20.1. The summed E-state index contributed by atoms with van der Waals surface area (Å²) in [6.07, 6.45) is 4.42. The van der Waals surface area contributed by atoms with E-state index in [0.29, 0.717) is 17.7 Å². The van der Waals surface area contributed by atoms with E-state index < -0.39 is 0 Å². The number of rotatable bonds is 3. The van der Waals surface area contributed by atoms with Crippen molar-refractivity contribution in [3.05, 3.63) is 54.5 Å². The van der Waals surface area contributed by atoms with E-state index in [2.05, 4.69) is 45.7 Å². The SMILES string of the molecule is CN(C)C1CCN(C(=O)c2cc3c(c4ccccc4n3C)n2-c2ncccn2)C1. The number of hydrogen-bond acceptors (Lipinski definition) is 4. The van der Waals surface area contributed by atoms with Gasteiger partial charge in [-0.3, -0.25) is 9.36 Å². The maximum Gasteiger partial charge on any atom is 0.271 e. The molecule has 29 heavy (non-hydrogen) atoms. The number of para-hydroxylation sites is 1. The number of aromatic nitrogens is 4. The number of amides is 1. The molecule has 4 aromatic rings. The Kier molecular flexibility index (Phi) is 4.13. The quantitative estimate of drug-likeness (QED) is 0.541. The number of likely N-dealkylation sites (N-methyl/N-ethyl adjacent to an activating group) is 1. The number of carbonyl (C=O) groups is 1. The van der Waals surface area contributed by atoms with Crippen LogP contribution in [0.2, 0.25) is 0 Å². The van der Waals surface area contributed by atoms with E-state index in [4.69, 9.17) is 0 Å². The minimum absolute atomic E-state index is 0.0297. The Morgan fingerprint density at radius 1 is 1.10 bits per heavy atom. The number of fused-ring (bicyclic) bond motifs is 3. The summed E-state index contributed by atoms with van der Waals surface area (Å²) >= 11 is 0. The summed E-state index contributed by atoms with van der Waals surface area (Å²) in [4.78, 5) is 26.6. The van der Waals surface area contributed by atoms with Gasteiger partial charge in [-0.25, -0.2) is 9.97 Å². The predicted molar refractivity (Wildman–Crippen MR) is 113 cm³/mol. The lowest BCUT2D eigenvalue weighted by Crippen LogP contribution is -2.35. The molecule has 1 unspecified atom stereocenters. The first-order valence-corrected chi connectivity index (χ1v) is 9.88. The molecule has 148 valence electrons. The zero-order valence-electron chi connectivity index (χ0n) is 16.9. The van der Waals surface area contributed by atoms with Crippen molar-refractivity contribution in [2.75, 3.05) is 27.2 Å². The molecule has 1 aliphatic heterocycles. The van der Waals surface area contributed by atoms with Crippen LogP contribution in [0.5, 0.6) is 0 Å². The number of likely N-dealkylation sites (tertiary alicyclic amines) is 1. The van der Waals surface area contributed by atoms with Crippen LogP contribution in [0.3, 0.4) is 0 Å². The van der Waals surface area contributed by atoms with Crippen LogP contribution in [-0.4, -0.2) is 68.0 Å². The highest BCUT2D eigenvalue weighted by Crippen LogP contribution is 2.33. The van der Waals surface area contributed by atoms with E-state index in [1.165, 1.54) is 0 Å². The van der Waals surface area contributed by atoms with Gasteiger partial charge in [-0.15, -0.1) is 0 Å². The number of carbonyl (C=O) groups excluding carboxylic acids is 1. The number of nitrogens with zero attached hydrogens (tertiary/aromatic N) is 6. The van der Waals surface area contributed by atoms with Crippen molar-refractivity contribution in [3.8, 4) is 5.95 Å². The maximum absolute atomic E-state index is 13.5. The summed E-state index contributed by atoms with van der Waals surface area (Å²) in [7, 11) is 6.17. The van der Waals surface area contributed by atoms with Crippen LogP contribution in [0.1, 0.15) is 16.9 Å². The third kappa shape index (κ3) is 2.73. The van der Waals surface area contributed by atoms with Gasteiger partial charge in [0.2, 0.25) is 5.95 Å². The first kappa shape index (κ1) is 17.9. The second-order valence-corrected chi connectivity index (χ2v) is 7.88. The minimum Gasteiger partial charge on any atom is -0.342 e. The van der Waals surface area contributed by atoms with Gasteiger partial charge < -0.3 is 14.4 Å². The molecule has 4 heterocycles. The Bertz CT molecular complexity index is 1210. The van der Waals surface area contributed by atoms with Crippen LogP contribution in [-0.2, 0) is 7.05 Å². The molecule has 1 atom stereocenters. The lowest BCUT2D eigenvalue weighted by atomic mass is 10.2. The summed E-state index contributed by atoms with van der Waals surface area (Å²) in [5, 5.41) is 1.09. The lowest BCUT2D eigenvalue weighted by molar-refractivity contribution is 0.0775. The van der Waals surface area contributed by atoms with E-state index in [-0.39, 0.29) is 5.91 Å². The number of hydrogen-bond donors (Lipinski definition) is 0. The highest BCUT2D eigenvalue weighted by molar-refractivity contribution is 6.10. The van der Waals surface area contributed by atoms with Gasteiger partial charge in [0.25, 0.3) is 5.91 Å². The molecule has 0 aliphatic carbocycles. The van der Waals surface area contributed by atoms with Gasteiger partial charge in [0.1, 0.15) is 5.69 Å². The van der Waals surface area contributed by atoms with E-state index in [0.717, 1.165) is 41.4 Å². The first-order chi connectivity index (χ1) is 14.1. The fraction of sp³-hybridized carbons (Fsp3) is 0.318. The Hall–Kier alpha value is -3.19. The fourth-order valence-corrected chi connectivity index (χ4v) is 4.39. The molecule has 1 aromatic carbocycles. The van der Waals surface area contributed by atoms with Crippen molar-refractivity contribution in [2.24, 2.45) is 7.05 Å². The summed E-state index contributed by atoms with van der Waals surface area (Å²) in [5.74, 6) is 0.549. The molecule has 0 saturated carbocycles. The summed E-state index contributed by atoms with van der Waals surface area (Å²) in [6.45, 7) is 1.50. The second-order valence-electron chi connectivity index (χ2n) is 7.88. The van der Waals surface area contributed by atoms with E-state index >= 15 is 0 Å². The van der Waals surface area contributed by atoms with Gasteiger partial charge in [-0.1, -0.05) is 18.2 Å². The molecule has 5 rings (SSSR count). The smallest absolute Gasteiger partial charge is 0.271 e. The number of aryl methyl sites for hydroxylation is 1. The van der Waals surface area contributed by atoms with E-state index in [1.54, 1.807) is 18.5 Å². The molecule has 1 fully saturated rings. The molecule has 1 amide bonds. The van der Waals surface area contributed by atoms with Crippen molar-refractivity contribution >= 4 is 27.8 Å². The third-order valence-corrected chi connectivity index (χ3v) is 6.01. The summed E-state index contributed by atoms with van der Waals surface area (Å²) < 4.78 is 4.05. The molecule has 1 saturated heterocycles. The molecule has 0 N–H and O–H groups in total. The van der Waals surface area contributed by atoms with Gasteiger partial charge in [0.05, 0.1) is 16.6 Å². The molecule has 1 aliphatic rings. The molecule has 0 radical (unpaired) electrons.